The SMILES string of the molecule is COCOc1cc2sc(C(=O)CC(C)C(=O)O)cc2cc1O. The standard InChI is InChI=1S/C15H16O6S/c1-8(15(18)19)3-11(17)14-5-9-4-10(16)12(21-7-20-2)6-13(9)22-14/h4-6,8,16H,3,7H2,1-2H3,(H,18,19). The summed E-state index contributed by atoms with van der Waals surface area (Å²) in [6.07, 6.45) is -0.0544. The van der Waals surface area contributed by atoms with Crippen molar-refractivity contribution in [3.63, 3.8) is 0 Å². The summed E-state index contributed by atoms with van der Waals surface area (Å²) in [5.41, 5.74) is 0. The van der Waals surface area contributed by atoms with Crippen LogP contribution in [-0.2, 0) is 9.53 Å². The number of carbonyl (C=O) groups is 2. The molecule has 0 saturated heterocycles. The third-order valence-electron chi connectivity index (χ3n) is 3.12. The van der Waals surface area contributed by atoms with Gasteiger partial charge < -0.3 is 19.7 Å². The maximum absolute atomic E-state index is 12.1. The summed E-state index contributed by atoms with van der Waals surface area (Å²) < 4.78 is 10.8. The van der Waals surface area contributed by atoms with Crippen LogP contribution in [0.15, 0.2) is 18.2 Å². The summed E-state index contributed by atoms with van der Waals surface area (Å²) in [6, 6.07) is 4.79. The largest absolute Gasteiger partial charge is 0.504 e. The summed E-state index contributed by atoms with van der Waals surface area (Å²) in [5.74, 6) is -1.72. The molecule has 1 aromatic carbocycles. The molecule has 7 heteroatoms. The van der Waals surface area contributed by atoms with E-state index in [1.54, 1.807) is 12.1 Å². The van der Waals surface area contributed by atoms with Crippen LogP contribution < -0.4 is 4.74 Å². The first-order valence-electron chi connectivity index (χ1n) is 6.56. The van der Waals surface area contributed by atoms with E-state index in [9.17, 15) is 14.7 Å². The van der Waals surface area contributed by atoms with Gasteiger partial charge in [0.2, 0.25) is 0 Å². The van der Waals surface area contributed by atoms with Gasteiger partial charge in [-0.3, -0.25) is 9.59 Å². The minimum atomic E-state index is -0.998. The number of carboxylic acid groups (broad SMARTS) is 1. The normalized spacial score (nSPS) is 12.3. The Labute approximate surface area is 130 Å². The van der Waals surface area contributed by atoms with Crippen molar-refractivity contribution < 1.29 is 29.3 Å². The van der Waals surface area contributed by atoms with Crippen LogP contribution in [0.3, 0.4) is 0 Å². The number of aliphatic carboxylic acids is 1. The predicted octanol–water partition coefficient (Wildman–Crippen LogP) is 2.88. The fourth-order valence-corrected chi connectivity index (χ4v) is 2.92. The molecule has 1 unspecified atom stereocenters. The van der Waals surface area contributed by atoms with E-state index in [1.165, 1.54) is 31.4 Å². The lowest BCUT2D eigenvalue weighted by Gasteiger charge is -2.06. The van der Waals surface area contributed by atoms with Gasteiger partial charge in [0.1, 0.15) is 0 Å². The first kappa shape index (κ1) is 16.3. The molecule has 0 saturated carbocycles. The molecule has 1 aromatic heterocycles. The van der Waals surface area contributed by atoms with Crippen molar-refractivity contribution in [1.82, 2.24) is 0 Å². The molecule has 0 bridgehead atoms. The molecule has 0 spiro atoms. The van der Waals surface area contributed by atoms with Gasteiger partial charge >= 0.3 is 5.97 Å². The average molecular weight is 324 g/mol. The number of phenols is 1. The van der Waals surface area contributed by atoms with Crippen molar-refractivity contribution in [2.75, 3.05) is 13.9 Å². The van der Waals surface area contributed by atoms with Gasteiger partial charge in [0.15, 0.2) is 24.1 Å². The van der Waals surface area contributed by atoms with Crippen molar-refractivity contribution in [3.05, 3.63) is 23.1 Å². The Morgan fingerprint density at radius 3 is 2.68 bits per heavy atom. The molecule has 0 fully saturated rings. The number of carbonyl (C=O) groups excluding carboxylic acids is 1. The van der Waals surface area contributed by atoms with Crippen LogP contribution in [0.1, 0.15) is 23.0 Å². The van der Waals surface area contributed by atoms with Crippen LogP contribution in [0.4, 0.5) is 0 Å². The predicted molar refractivity (Wildman–Crippen MR) is 81.7 cm³/mol. The highest BCUT2D eigenvalue weighted by Gasteiger charge is 2.19. The van der Waals surface area contributed by atoms with Gasteiger partial charge in [0.05, 0.1) is 10.8 Å². The zero-order valence-corrected chi connectivity index (χ0v) is 13.0. The van der Waals surface area contributed by atoms with Gasteiger partial charge in [0.25, 0.3) is 0 Å². The average Bonchev–Trinajstić information content (AvgIpc) is 2.87. The van der Waals surface area contributed by atoms with E-state index in [-0.39, 0.29) is 30.5 Å². The summed E-state index contributed by atoms with van der Waals surface area (Å²) in [5, 5.41) is 19.4. The van der Waals surface area contributed by atoms with E-state index in [0.29, 0.717) is 10.3 Å². The second-order valence-corrected chi connectivity index (χ2v) is 5.97. The maximum atomic E-state index is 12.1. The highest BCUT2D eigenvalue weighted by atomic mass is 32.1. The van der Waals surface area contributed by atoms with Gasteiger partial charge in [-0.1, -0.05) is 6.92 Å². The molecule has 6 nitrogen and oxygen atoms in total. The molecule has 22 heavy (non-hydrogen) atoms. The van der Waals surface area contributed by atoms with Crippen molar-refractivity contribution in [1.29, 1.82) is 0 Å². The van der Waals surface area contributed by atoms with Crippen LogP contribution in [0.2, 0.25) is 0 Å². The van der Waals surface area contributed by atoms with Gasteiger partial charge in [-0.25, -0.2) is 0 Å². The molecule has 1 heterocycles. The number of fused-ring (bicyclic) bond motifs is 1. The van der Waals surface area contributed by atoms with Gasteiger partial charge in [-0.15, -0.1) is 11.3 Å². The third-order valence-corrected chi connectivity index (χ3v) is 4.26. The zero-order valence-electron chi connectivity index (χ0n) is 12.2. The second kappa shape index (κ2) is 6.76. The number of Topliss-reactive ketones (excluding diaryl/α,β-unsaturated/α-hetero) is 1. The first-order valence-corrected chi connectivity index (χ1v) is 7.38. The number of thiophene rings is 1. The monoisotopic (exact) mass is 324 g/mol. The van der Waals surface area contributed by atoms with Crippen molar-refractivity contribution >= 4 is 33.2 Å². The number of benzene rings is 1. The number of carboxylic acids is 1. The van der Waals surface area contributed by atoms with Crippen molar-refractivity contribution in [3.8, 4) is 11.5 Å². The van der Waals surface area contributed by atoms with E-state index in [2.05, 4.69) is 0 Å². The quantitative estimate of drug-likeness (QED) is 0.601. The van der Waals surface area contributed by atoms with Crippen LogP contribution in [0.5, 0.6) is 11.5 Å². The summed E-state index contributed by atoms with van der Waals surface area (Å²) >= 11 is 1.24. The van der Waals surface area contributed by atoms with Crippen molar-refractivity contribution in [2.24, 2.45) is 5.92 Å². The molecule has 0 aliphatic heterocycles. The van der Waals surface area contributed by atoms with E-state index in [0.717, 1.165) is 4.70 Å². The lowest BCUT2D eigenvalue weighted by molar-refractivity contribution is -0.141. The Morgan fingerprint density at radius 2 is 2.05 bits per heavy atom. The van der Waals surface area contributed by atoms with E-state index in [1.807, 2.05) is 0 Å². The fourth-order valence-electron chi connectivity index (χ4n) is 1.90. The Kier molecular flexibility index (Phi) is 4.99. The van der Waals surface area contributed by atoms with Crippen molar-refractivity contribution in [2.45, 2.75) is 13.3 Å². The minimum absolute atomic E-state index is 0.00631. The molecule has 0 aliphatic rings. The topological polar surface area (TPSA) is 93.1 Å². The lowest BCUT2D eigenvalue weighted by atomic mass is 10.0. The fraction of sp³-hybridized carbons (Fsp3) is 0.333. The Morgan fingerprint density at radius 1 is 1.32 bits per heavy atom. The summed E-state index contributed by atoms with van der Waals surface area (Å²) in [4.78, 5) is 23.4. The Bertz CT molecular complexity index is 705. The van der Waals surface area contributed by atoms with Crippen LogP contribution in [-0.4, -0.2) is 35.9 Å². The molecule has 0 amide bonds. The molecule has 0 aliphatic carbocycles. The molecule has 0 radical (unpaired) electrons. The number of hydrogen-bond donors (Lipinski definition) is 2. The first-order chi connectivity index (χ1) is 10.4. The highest BCUT2D eigenvalue weighted by Crippen LogP contribution is 2.36. The summed E-state index contributed by atoms with van der Waals surface area (Å²) in [7, 11) is 1.47. The second-order valence-electron chi connectivity index (χ2n) is 4.89. The van der Waals surface area contributed by atoms with Crippen LogP contribution >= 0.6 is 11.3 Å². The number of phenolic OH excluding ortho intramolecular Hbond substituents is 1. The van der Waals surface area contributed by atoms with E-state index in [4.69, 9.17) is 14.6 Å². The molecule has 118 valence electrons. The number of methoxy groups -OCH3 is 1. The van der Waals surface area contributed by atoms with Gasteiger partial charge in [-0.2, -0.15) is 0 Å². The summed E-state index contributed by atoms with van der Waals surface area (Å²) in [6.45, 7) is 1.50. The molecule has 1 atom stereocenters. The van der Waals surface area contributed by atoms with Gasteiger partial charge in [0, 0.05) is 24.3 Å². The maximum Gasteiger partial charge on any atom is 0.306 e. The zero-order chi connectivity index (χ0) is 16.3. The van der Waals surface area contributed by atoms with E-state index >= 15 is 0 Å². The smallest absolute Gasteiger partial charge is 0.306 e. The lowest BCUT2D eigenvalue weighted by Crippen LogP contribution is -2.13. The van der Waals surface area contributed by atoms with Gasteiger partial charge in [-0.05, 0) is 17.5 Å². The molecule has 2 N–H and O–H groups in total. The molecule has 2 rings (SSSR count). The molecule has 2 aromatic rings. The number of aromatic hydroxyl groups is 1. The number of hydrogen-bond acceptors (Lipinski definition) is 6. The Balaban J connectivity index is 2.26. The van der Waals surface area contributed by atoms with Crippen LogP contribution in [0, 0.1) is 5.92 Å². The highest BCUT2D eigenvalue weighted by molar-refractivity contribution is 7.20. The minimum Gasteiger partial charge on any atom is -0.504 e. The Hall–Kier alpha value is -2.12. The van der Waals surface area contributed by atoms with Crippen LogP contribution in [0.25, 0.3) is 10.1 Å². The third kappa shape index (κ3) is 3.55. The molecular formula is C15H16O6S. The number of rotatable bonds is 7. The number of ketones is 1. The van der Waals surface area contributed by atoms with E-state index < -0.39 is 11.9 Å². The number of ether oxygens (including phenoxy) is 2. The molecular weight excluding hydrogens is 308 g/mol.